The van der Waals surface area contributed by atoms with Crippen molar-refractivity contribution in [3.8, 4) is 23.3 Å². The van der Waals surface area contributed by atoms with Gasteiger partial charge in [0.15, 0.2) is 0 Å². The number of hydrogen-bond donors (Lipinski definition) is 1. The van der Waals surface area contributed by atoms with Gasteiger partial charge in [-0.1, -0.05) is 38.5 Å². The van der Waals surface area contributed by atoms with Crippen LogP contribution in [0.25, 0.3) is 0 Å². The zero-order valence-electron chi connectivity index (χ0n) is 13.5. The summed E-state index contributed by atoms with van der Waals surface area (Å²) in [5.41, 5.74) is 0.788. The van der Waals surface area contributed by atoms with E-state index >= 15 is 0 Å². The molecule has 3 nitrogen and oxygen atoms in total. The third-order valence-electron chi connectivity index (χ3n) is 3.62. The molecule has 0 aliphatic carbocycles. The van der Waals surface area contributed by atoms with Gasteiger partial charge < -0.3 is 14.6 Å². The van der Waals surface area contributed by atoms with Gasteiger partial charge in [0.25, 0.3) is 0 Å². The molecule has 21 heavy (non-hydrogen) atoms. The van der Waals surface area contributed by atoms with Gasteiger partial charge in [-0.3, -0.25) is 0 Å². The van der Waals surface area contributed by atoms with Gasteiger partial charge in [0.2, 0.25) is 0 Å². The van der Waals surface area contributed by atoms with Crippen molar-refractivity contribution in [1.29, 1.82) is 0 Å². The molecule has 3 heteroatoms. The van der Waals surface area contributed by atoms with Crippen LogP contribution in [0.1, 0.15) is 45.1 Å². The topological polar surface area (TPSA) is 38.7 Å². The number of aliphatic hydroxyl groups is 1. The number of unbranched alkanes of at least 4 members (excludes halogenated alkanes) is 1. The van der Waals surface area contributed by atoms with Gasteiger partial charge in [-0.05, 0) is 30.9 Å². The summed E-state index contributed by atoms with van der Waals surface area (Å²) in [6.45, 7) is 4.26. The van der Waals surface area contributed by atoms with Crippen LogP contribution in [0.5, 0.6) is 11.5 Å². The minimum absolute atomic E-state index is 0.241. The predicted molar refractivity (Wildman–Crippen MR) is 85.7 cm³/mol. The highest BCUT2D eigenvalue weighted by atomic mass is 16.5. The summed E-state index contributed by atoms with van der Waals surface area (Å²) in [5, 5.41) is 10.2. The van der Waals surface area contributed by atoms with Crippen molar-refractivity contribution in [3.63, 3.8) is 0 Å². The Kier molecular flexibility index (Phi) is 7.71. The molecule has 0 fully saturated rings. The lowest BCUT2D eigenvalue weighted by Crippen LogP contribution is -2.17. The number of benzene rings is 1. The first-order valence-electron chi connectivity index (χ1n) is 7.57. The third kappa shape index (κ3) is 5.69. The first-order chi connectivity index (χ1) is 10.1. The van der Waals surface area contributed by atoms with Crippen molar-refractivity contribution in [3.05, 3.63) is 23.8 Å². The maximum absolute atomic E-state index is 10.2. The second-order valence-corrected chi connectivity index (χ2v) is 5.13. The van der Waals surface area contributed by atoms with Crippen LogP contribution in [0, 0.1) is 17.8 Å². The normalized spacial score (nSPS) is 13.0. The zero-order chi connectivity index (χ0) is 15.7. The molecule has 1 N–H and O–H groups in total. The van der Waals surface area contributed by atoms with Gasteiger partial charge in [0.05, 0.1) is 14.2 Å². The van der Waals surface area contributed by atoms with Crippen LogP contribution in [0.3, 0.4) is 0 Å². The summed E-state index contributed by atoms with van der Waals surface area (Å²) in [6, 6.07) is 5.49. The first kappa shape index (κ1) is 17.4. The van der Waals surface area contributed by atoms with Crippen molar-refractivity contribution in [2.24, 2.45) is 5.92 Å². The Hall–Kier alpha value is -1.66. The molecule has 1 aromatic carbocycles. The molecular formula is C18H26O3. The average Bonchev–Trinajstić information content (AvgIpc) is 2.53. The van der Waals surface area contributed by atoms with Crippen molar-refractivity contribution >= 4 is 0 Å². The van der Waals surface area contributed by atoms with Crippen LogP contribution in [0.15, 0.2) is 18.2 Å². The lowest BCUT2D eigenvalue weighted by Gasteiger charge is -2.16. The molecule has 1 aromatic rings. The van der Waals surface area contributed by atoms with Crippen LogP contribution in [0.4, 0.5) is 0 Å². The van der Waals surface area contributed by atoms with Gasteiger partial charge in [-0.25, -0.2) is 0 Å². The summed E-state index contributed by atoms with van der Waals surface area (Å²) in [7, 11) is 3.22. The number of aliphatic hydroxyl groups excluding tert-OH is 1. The zero-order valence-corrected chi connectivity index (χ0v) is 13.5. The molecule has 2 atom stereocenters. The van der Waals surface area contributed by atoms with E-state index in [1.54, 1.807) is 20.3 Å². The smallest absolute Gasteiger partial charge is 0.123 e. The summed E-state index contributed by atoms with van der Waals surface area (Å²) >= 11 is 0. The van der Waals surface area contributed by atoms with Gasteiger partial charge >= 0.3 is 0 Å². The molecule has 116 valence electrons. The molecule has 2 unspecified atom stereocenters. The Morgan fingerprint density at radius 1 is 1.10 bits per heavy atom. The highest BCUT2D eigenvalue weighted by molar-refractivity contribution is 5.46. The van der Waals surface area contributed by atoms with E-state index in [0.29, 0.717) is 11.5 Å². The standard InChI is InChI=1S/C18H26O3/c1-5-7-8-15(6-2)18(19)10-9-14-11-16(20-3)13-17(12-14)21-4/h11-13,15,18-19H,5-8H2,1-4H3. The summed E-state index contributed by atoms with van der Waals surface area (Å²) in [6.07, 6.45) is 3.65. The van der Waals surface area contributed by atoms with E-state index in [1.165, 1.54) is 0 Å². The lowest BCUT2D eigenvalue weighted by atomic mass is 9.93. The lowest BCUT2D eigenvalue weighted by molar-refractivity contribution is 0.150. The SMILES string of the molecule is CCCCC(CC)C(O)C#Cc1cc(OC)cc(OC)c1. The highest BCUT2D eigenvalue weighted by Gasteiger charge is 2.14. The number of rotatable bonds is 7. The van der Waals surface area contributed by atoms with Crippen LogP contribution in [-0.2, 0) is 0 Å². The molecule has 0 heterocycles. The Morgan fingerprint density at radius 3 is 2.19 bits per heavy atom. The first-order valence-corrected chi connectivity index (χ1v) is 7.57. The molecule has 0 aromatic heterocycles. The quantitative estimate of drug-likeness (QED) is 0.779. The van der Waals surface area contributed by atoms with Crippen molar-refractivity contribution < 1.29 is 14.6 Å². The largest absolute Gasteiger partial charge is 0.497 e. The Labute approximate surface area is 128 Å². The Morgan fingerprint density at radius 2 is 1.71 bits per heavy atom. The van der Waals surface area contributed by atoms with Crippen molar-refractivity contribution in [2.45, 2.75) is 45.6 Å². The molecule has 0 aliphatic rings. The van der Waals surface area contributed by atoms with E-state index in [0.717, 1.165) is 31.2 Å². The minimum atomic E-state index is -0.584. The second-order valence-electron chi connectivity index (χ2n) is 5.13. The second kappa shape index (κ2) is 9.31. The minimum Gasteiger partial charge on any atom is -0.497 e. The molecular weight excluding hydrogens is 264 g/mol. The third-order valence-corrected chi connectivity index (χ3v) is 3.62. The number of hydrogen-bond acceptors (Lipinski definition) is 3. The van der Waals surface area contributed by atoms with Crippen LogP contribution >= 0.6 is 0 Å². The fraction of sp³-hybridized carbons (Fsp3) is 0.556. The molecule has 0 radical (unpaired) electrons. The van der Waals surface area contributed by atoms with Gasteiger partial charge in [-0.15, -0.1) is 0 Å². The molecule has 0 aliphatic heterocycles. The summed E-state index contributed by atoms with van der Waals surface area (Å²) < 4.78 is 10.4. The summed E-state index contributed by atoms with van der Waals surface area (Å²) in [4.78, 5) is 0. The van der Waals surface area contributed by atoms with E-state index < -0.39 is 6.10 Å². The van der Waals surface area contributed by atoms with Crippen molar-refractivity contribution in [2.75, 3.05) is 14.2 Å². The average molecular weight is 290 g/mol. The van der Waals surface area contributed by atoms with Crippen molar-refractivity contribution in [1.82, 2.24) is 0 Å². The van der Waals surface area contributed by atoms with Gasteiger partial charge in [-0.2, -0.15) is 0 Å². The van der Waals surface area contributed by atoms with Gasteiger partial charge in [0.1, 0.15) is 17.6 Å². The van der Waals surface area contributed by atoms with E-state index in [-0.39, 0.29) is 5.92 Å². The van der Waals surface area contributed by atoms with E-state index in [2.05, 4.69) is 25.7 Å². The van der Waals surface area contributed by atoms with E-state index in [4.69, 9.17) is 9.47 Å². The van der Waals surface area contributed by atoms with E-state index in [1.807, 2.05) is 12.1 Å². The maximum atomic E-state index is 10.2. The fourth-order valence-electron chi connectivity index (χ4n) is 2.21. The summed E-state index contributed by atoms with van der Waals surface area (Å²) in [5.74, 6) is 7.62. The fourth-order valence-corrected chi connectivity index (χ4v) is 2.21. The van der Waals surface area contributed by atoms with E-state index in [9.17, 15) is 5.11 Å². The monoisotopic (exact) mass is 290 g/mol. The highest BCUT2D eigenvalue weighted by Crippen LogP contribution is 2.22. The Balaban J connectivity index is 2.84. The molecule has 0 saturated carbocycles. The van der Waals surface area contributed by atoms with Gasteiger partial charge in [0, 0.05) is 11.6 Å². The number of ether oxygens (including phenoxy) is 2. The molecule has 0 spiro atoms. The maximum Gasteiger partial charge on any atom is 0.123 e. The predicted octanol–water partition coefficient (Wildman–Crippen LogP) is 3.63. The number of methoxy groups -OCH3 is 2. The Bertz CT molecular complexity index is 463. The molecule has 0 bridgehead atoms. The van der Waals surface area contributed by atoms with Crippen LogP contribution in [0.2, 0.25) is 0 Å². The molecule has 0 saturated heterocycles. The molecule has 0 amide bonds. The molecule has 1 rings (SSSR count). The van der Waals surface area contributed by atoms with Crippen LogP contribution < -0.4 is 9.47 Å². The van der Waals surface area contributed by atoms with Crippen LogP contribution in [-0.4, -0.2) is 25.4 Å².